The number of hydrogen-bond donors (Lipinski definition) is 3. The smallest absolute Gasteiger partial charge is 0.446 e. The van der Waals surface area contributed by atoms with E-state index in [1.165, 1.54) is 24.3 Å². The van der Waals surface area contributed by atoms with Crippen molar-refractivity contribution in [1.29, 1.82) is 0 Å². The number of alkyl halides is 3. The largest absolute Gasteiger partial charge is 0.506 e. The summed E-state index contributed by atoms with van der Waals surface area (Å²) >= 11 is -0.195. The molecule has 0 bridgehead atoms. The Morgan fingerprint density at radius 1 is 0.971 bits per heavy atom. The fourth-order valence-corrected chi connectivity index (χ4v) is 3.94. The van der Waals surface area contributed by atoms with E-state index in [9.17, 15) is 31.1 Å². The Kier molecular flexibility index (Phi) is 9.52. The minimum atomic E-state index is -4.34. The molecule has 3 N–H and O–H groups in total. The summed E-state index contributed by atoms with van der Waals surface area (Å²) in [7, 11) is -3.65. The van der Waals surface area contributed by atoms with Gasteiger partial charge in [-0.2, -0.15) is 13.2 Å². The van der Waals surface area contributed by atoms with Crippen molar-refractivity contribution >= 4 is 45.6 Å². The van der Waals surface area contributed by atoms with Gasteiger partial charge in [0.25, 0.3) is 0 Å². The number of nitrogens with one attached hydrogen (secondary N) is 2. The molecule has 190 valence electrons. The number of anilines is 2. The molecule has 0 fully saturated rings. The van der Waals surface area contributed by atoms with Crippen LogP contribution in [0.4, 0.5) is 28.9 Å². The van der Waals surface area contributed by atoms with Gasteiger partial charge in [0.1, 0.15) is 23.9 Å². The van der Waals surface area contributed by atoms with Crippen LogP contribution < -0.4 is 14.8 Å². The Morgan fingerprint density at radius 3 is 2.14 bits per heavy atom. The molecule has 0 saturated carbocycles. The van der Waals surface area contributed by atoms with E-state index in [4.69, 9.17) is 4.74 Å². The number of ether oxygens (including phenoxy) is 1. The molecule has 0 aliphatic rings. The molecule has 3 aromatic rings. The molecule has 0 atom stereocenters. The van der Waals surface area contributed by atoms with Gasteiger partial charge in [0.05, 0.1) is 17.6 Å². The average Bonchev–Trinajstić information content (AvgIpc) is 2.73. The van der Waals surface area contributed by atoms with Crippen molar-refractivity contribution in [2.24, 2.45) is 0 Å². The van der Waals surface area contributed by atoms with Crippen molar-refractivity contribution < 1.29 is 35.8 Å². The second-order valence-corrected chi connectivity index (χ2v) is 10.1. The van der Waals surface area contributed by atoms with Gasteiger partial charge >= 0.3 is 5.51 Å². The number of halogens is 5. The molecule has 13 heteroatoms. The zero-order chi connectivity index (χ0) is 24.9. The Bertz CT molecular complexity index is 1240. The van der Waals surface area contributed by atoms with E-state index >= 15 is 0 Å². The molecule has 0 aliphatic heterocycles. The third-order valence-electron chi connectivity index (χ3n) is 4.35. The molecule has 0 aliphatic carbocycles. The highest BCUT2D eigenvalue weighted by atomic mass is 35.5. The fraction of sp³-hybridized carbons (Fsp3) is 0.182. The van der Waals surface area contributed by atoms with Gasteiger partial charge in [-0.3, -0.25) is 4.72 Å². The SMILES string of the molecule is CS(=O)(=O)Nc1cc(NCc2ccc(COc3ccc(SC(F)(F)F)cc3)cc2)c(F)cc1O.Cl. The summed E-state index contributed by atoms with van der Waals surface area (Å²) in [5, 5.41) is 12.6. The minimum Gasteiger partial charge on any atom is -0.506 e. The van der Waals surface area contributed by atoms with Gasteiger partial charge in [-0.1, -0.05) is 24.3 Å². The molecule has 0 heterocycles. The highest BCUT2D eigenvalue weighted by Gasteiger charge is 2.29. The minimum absolute atomic E-state index is 0. The molecule has 0 aromatic heterocycles. The van der Waals surface area contributed by atoms with Gasteiger partial charge in [0.2, 0.25) is 10.0 Å². The lowest BCUT2D eigenvalue weighted by molar-refractivity contribution is -0.0328. The average molecular weight is 553 g/mol. The molecule has 3 rings (SSSR count). The third kappa shape index (κ3) is 9.38. The predicted octanol–water partition coefficient (Wildman–Crippen LogP) is 6.13. The van der Waals surface area contributed by atoms with Gasteiger partial charge in [0.15, 0.2) is 0 Å². The number of sulfonamides is 1. The summed E-state index contributed by atoms with van der Waals surface area (Å²) in [6, 6.07) is 14.7. The van der Waals surface area contributed by atoms with Gasteiger partial charge < -0.3 is 15.2 Å². The van der Waals surface area contributed by atoms with Crippen LogP contribution in [-0.2, 0) is 23.2 Å². The van der Waals surface area contributed by atoms with Gasteiger partial charge in [-0.15, -0.1) is 12.4 Å². The zero-order valence-electron chi connectivity index (χ0n) is 18.1. The molecule has 3 aromatic carbocycles. The van der Waals surface area contributed by atoms with Crippen LogP contribution in [0.25, 0.3) is 0 Å². The van der Waals surface area contributed by atoms with Crippen LogP contribution in [0.3, 0.4) is 0 Å². The summed E-state index contributed by atoms with van der Waals surface area (Å²) < 4.78 is 81.7. The molecular formula is C22H21ClF4N2O4S2. The van der Waals surface area contributed by atoms with Crippen LogP contribution in [0.5, 0.6) is 11.5 Å². The third-order valence-corrected chi connectivity index (χ3v) is 5.68. The standard InChI is InChI=1S/C22H20F4N2O4S2.ClH/c1-34(30,31)28-20-11-19(18(23)10-21(20)29)27-12-14-2-4-15(5-3-14)13-32-16-6-8-17(9-7-16)33-22(24,25)26;/h2-11,27-29H,12-13H2,1H3;1H. The maximum atomic E-state index is 14.1. The van der Waals surface area contributed by atoms with Crippen molar-refractivity contribution in [3.8, 4) is 11.5 Å². The van der Waals surface area contributed by atoms with E-state index in [-0.39, 0.29) is 53.6 Å². The van der Waals surface area contributed by atoms with E-state index < -0.39 is 27.1 Å². The summed E-state index contributed by atoms with van der Waals surface area (Å²) in [6.07, 6.45) is 0.913. The zero-order valence-corrected chi connectivity index (χ0v) is 20.5. The maximum Gasteiger partial charge on any atom is 0.446 e. The van der Waals surface area contributed by atoms with Crippen LogP contribution in [-0.4, -0.2) is 25.3 Å². The van der Waals surface area contributed by atoms with Crippen molar-refractivity contribution in [1.82, 2.24) is 0 Å². The lowest BCUT2D eigenvalue weighted by Gasteiger charge is -2.13. The Balaban J connectivity index is 0.00000432. The van der Waals surface area contributed by atoms with Crippen LogP contribution in [0, 0.1) is 5.82 Å². The Morgan fingerprint density at radius 2 is 1.57 bits per heavy atom. The molecule has 0 saturated heterocycles. The van der Waals surface area contributed by atoms with Crippen LogP contribution in [0.2, 0.25) is 0 Å². The van der Waals surface area contributed by atoms with E-state index in [0.29, 0.717) is 5.75 Å². The van der Waals surface area contributed by atoms with Crippen molar-refractivity contribution in [3.63, 3.8) is 0 Å². The monoisotopic (exact) mass is 552 g/mol. The van der Waals surface area contributed by atoms with Crippen LogP contribution >= 0.6 is 24.2 Å². The second kappa shape index (κ2) is 11.7. The number of rotatable bonds is 9. The highest BCUT2D eigenvalue weighted by molar-refractivity contribution is 8.00. The number of hydrogen-bond acceptors (Lipinski definition) is 6. The van der Waals surface area contributed by atoms with Crippen molar-refractivity contribution in [3.05, 3.63) is 77.6 Å². The number of thioether (sulfide) groups is 1. The first kappa shape index (κ1) is 28.4. The van der Waals surface area contributed by atoms with E-state index in [1.807, 2.05) is 0 Å². The van der Waals surface area contributed by atoms with Gasteiger partial charge in [-0.25, -0.2) is 12.8 Å². The van der Waals surface area contributed by atoms with Crippen LogP contribution in [0.1, 0.15) is 11.1 Å². The fourth-order valence-electron chi connectivity index (χ4n) is 2.83. The first-order valence-electron chi connectivity index (χ1n) is 9.68. The van der Waals surface area contributed by atoms with Crippen molar-refractivity contribution in [2.75, 3.05) is 16.3 Å². The number of phenols is 1. The molecule has 35 heavy (non-hydrogen) atoms. The molecular weight excluding hydrogens is 532 g/mol. The molecule has 0 unspecified atom stereocenters. The molecule has 6 nitrogen and oxygen atoms in total. The van der Waals surface area contributed by atoms with Crippen LogP contribution in [0.15, 0.2) is 65.6 Å². The normalized spacial score (nSPS) is 11.5. The summed E-state index contributed by atoms with van der Waals surface area (Å²) in [5.74, 6) is -0.855. The van der Waals surface area contributed by atoms with E-state index in [2.05, 4.69) is 10.0 Å². The van der Waals surface area contributed by atoms with E-state index in [1.54, 1.807) is 24.3 Å². The van der Waals surface area contributed by atoms with Gasteiger partial charge in [-0.05, 0) is 53.2 Å². The highest BCUT2D eigenvalue weighted by Crippen LogP contribution is 2.37. The van der Waals surface area contributed by atoms with E-state index in [0.717, 1.165) is 29.5 Å². The lowest BCUT2D eigenvalue weighted by Crippen LogP contribution is -2.10. The first-order valence-corrected chi connectivity index (χ1v) is 12.4. The second-order valence-electron chi connectivity index (χ2n) is 7.20. The Labute approximate surface area is 210 Å². The molecule has 0 spiro atoms. The molecule has 0 radical (unpaired) electrons. The summed E-state index contributed by atoms with van der Waals surface area (Å²) in [4.78, 5) is 0.0704. The predicted molar refractivity (Wildman–Crippen MR) is 130 cm³/mol. The molecule has 0 amide bonds. The summed E-state index contributed by atoms with van der Waals surface area (Å²) in [6.45, 7) is 0.423. The topological polar surface area (TPSA) is 87.7 Å². The number of phenolic OH excluding ortho intramolecular Hbond substituents is 1. The lowest BCUT2D eigenvalue weighted by atomic mass is 10.1. The van der Waals surface area contributed by atoms with Gasteiger partial charge in [0, 0.05) is 17.5 Å². The number of benzene rings is 3. The Hall–Kier alpha value is -2.83. The number of aromatic hydroxyl groups is 1. The maximum absolute atomic E-state index is 14.1. The van der Waals surface area contributed by atoms with Crippen molar-refractivity contribution in [2.45, 2.75) is 23.6 Å². The quantitative estimate of drug-likeness (QED) is 0.128. The summed E-state index contributed by atoms with van der Waals surface area (Å²) in [5.41, 5.74) is -2.88. The first-order chi connectivity index (χ1) is 15.9.